The molecule has 0 bridgehead atoms. The summed E-state index contributed by atoms with van der Waals surface area (Å²) in [6.07, 6.45) is 0. The third kappa shape index (κ3) is 5.74. The highest BCUT2D eigenvalue weighted by Gasteiger charge is 2.37. The average molecular weight is 846 g/mol. The number of fused-ring (bicyclic) bond motifs is 10. The van der Waals surface area contributed by atoms with Gasteiger partial charge in [0, 0.05) is 44.2 Å². The van der Waals surface area contributed by atoms with E-state index in [0.717, 1.165) is 61.3 Å². The smallest absolute Gasteiger partial charge is 0.143 e. The molecule has 1 aromatic heterocycles. The standard InChI is InChI=1S/C64H47NO/c1-63(2)57-23-12-10-19-49(57)51-33-30-46(38-59(51)63)65(47-31-34-52-50-20-11-13-24-58(50)64(3,4)60(52)39-47)45-28-25-40(26-29-45)44-27-32-48(41-15-6-5-7-16-41)55(35-44)53-21-14-22-54-56-36-42-17-8-9-18-43(42)37-61(56)66-62(53)54/h5-39H,1-4H3. The Morgan fingerprint density at radius 1 is 0.318 bits per heavy atom. The van der Waals surface area contributed by atoms with Gasteiger partial charge in [-0.05, 0) is 138 Å². The van der Waals surface area contributed by atoms with E-state index >= 15 is 0 Å². The Labute approximate surface area is 386 Å². The van der Waals surface area contributed by atoms with Gasteiger partial charge in [0.2, 0.25) is 0 Å². The van der Waals surface area contributed by atoms with Gasteiger partial charge in [-0.15, -0.1) is 0 Å². The van der Waals surface area contributed by atoms with Gasteiger partial charge >= 0.3 is 0 Å². The predicted octanol–water partition coefficient (Wildman–Crippen LogP) is 17.8. The molecule has 0 amide bonds. The SMILES string of the molecule is CC1(C)c2ccccc2-c2ccc(N(c3ccc(-c4ccc(-c5ccccc5)c(-c5cccc6c5oc5cc7ccccc7cc56)c4)cc3)c3ccc4c(c3)C(C)(C)c3ccccc3-4)cc21. The molecule has 0 fully saturated rings. The van der Waals surface area contributed by atoms with Crippen molar-refractivity contribution >= 4 is 49.8 Å². The van der Waals surface area contributed by atoms with Gasteiger partial charge in [0.05, 0.1) is 0 Å². The lowest BCUT2D eigenvalue weighted by atomic mass is 9.82. The maximum atomic E-state index is 6.82. The van der Waals surface area contributed by atoms with Crippen molar-refractivity contribution in [1.82, 2.24) is 0 Å². The van der Waals surface area contributed by atoms with Crippen LogP contribution in [0.4, 0.5) is 17.1 Å². The molecule has 0 aliphatic heterocycles. The van der Waals surface area contributed by atoms with E-state index in [1.54, 1.807) is 0 Å². The number of anilines is 3. The maximum Gasteiger partial charge on any atom is 0.143 e. The topological polar surface area (TPSA) is 16.4 Å². The van der Waals surface area contributed by atoms with Gasteiger partial charge in [0.15, 0.2) is 0 Å². The van der Waals surface area contributed by atoms with Crippen LogP contribution in [-0.4, -0.2) is 0 Å². The zero-order valence-electron chi connectivity index (χ0n) is 37.6. The van der Waals surface area contributed by atoms with Gasteiger partial charge in [-0.3, -0.25) is 0 Å². The molecule has 2 nitrogen and oxygen atoms in total. The highest BCUT2D eigenvalue weighted by Crippen LogP contribution is 2.53. The van der Waals surface area contributed by atoms with Crippen molar-refractivity contribution in [3.05, 3.63) is 235 Å². The van der Waals surface area contributed by atoms with E-state index in [1.807, 2.05) is 0 Å². The summed E-state index contributed by atoms with van der Waals surface area (Å²) in [5, 5.41) is 4.65. The molecule has 1 heterocycles. The van der Waals surface area contributed by atoms with Crippen molar-refractivity contribution in [2.75, 3.05) is 4.90 Å². The molecule has 0 saturated carbocycles. The minimum Gasteiger partial charge on any atom is -0.455 e. The number of benzene rings is 10. The van der Waals surface area contributed by atoms with Gasteiger partial charge in [-0.2, -0.15) is 0 Å². The van der Waals surface area contributed by atoms with Gasteiger partial charge in [0.1, 0.15) is 11.2 Å². The van der Waals surface area contributed by atoms with Gasteiger partial charge in [-0.1, -0.05) is 185 Å². The first-order chi connectivity index (χ1) is 32.2. The summed E-state index contributed by atoms with van der Waals surface area (Å²) < 4.78 is 6.82. The highest BCUT2D eigenvalue weighted by molar-refractivity contribution is 6.14. The highest BCUT2D eigenvalue weighted by atomic mass is 16.3. The minimum atomic E-state index is -0.122. The summed E-state index contributed by atoms with van der Waals surface area (Å²) in [6.45, 7) is 9.46. The fourth-order valence-corrected chi connectivity index (χ4v) is 11.4. The molecule has 2 aliphatic rings. The summed E-state index contributed by atoms with van der Waals surface area (Å²) >= 11 is 0. The molecule has 2 aliphatic carbocycles. The molecule has 66 heavy (non-hydrogen) atoms. The second-order valence-corrected chi connectivity index (χ2v) is 19.3. The van der Waals surface area contributed by atoms with Crippen LogP contribution in [0.5, 0.6) is 0 Å². The minimum absolute atomic E-state index is 0.122. The Bertz CT molecular complexity index is 3650. The van der Waals surface area contributed by atoms with Crippen LogP contribution in [0.1, 0.15) is 49.9 Å². The van der Waals surface area contributed by atoms with Crippen LogP contribution in [0.25, 0.3) is 88.3 Å². The van der Waals surface area contributed by atoms with Crippen molar-refractivity contribution in [2.45, 2.75) is 38.5 Å². The van der Waals surface area contributed by atoms with Crippen molar-refractivity contribution < 1.29 is 4.42 Å². The maximum absolute atomic E-state index is 6.82. The summed E-state index contributed by atoms with van der Waals surface area (Å²) in [6, 6.07) is 78.3. The van der Waals surface area contributed by atoms with E-state index in [-0.39, 0.29) is 10.8 Å². The van der Waals surface area contributed by atoms with Crippen LogP contribution >= 0.6 is 0 Å². The molecule has 0 spiro atoms. The Hall–Kier alpha value is -7.94. The van der Waals surface area contributed by atoms with Crippen LogP contribution in [0.3, 0.4) is 0 Å². The van der Waals surface area contributed by atoms with E-state index in [9.17, 15) is 0 Å². The number of furan rings is 1. The molecule has 10 aromatic carbocycles. The molecule has 0 unspecified atom stereocenters. The second-order valence-electron chi connectivity index (χ2n) is 19.3. The molecule has 314 valence electrons. The van der Waals surface area contributed by atoms with E-state index in [2.05, 4.69) is 245 Å². The fraction of sp³-hybridized carbons (Fsp3) is 0.0938. The monoisotopic (exact) mass is 845 g/mol. The second kappa shape index (κ2) is 14.3. The molecule has 0 radical (unpaired) electrons. The van der Waals surface area contributed by atoms with E-state index in [0.29, 0.717) is 0 Å². The first-order valence-electron chi connectivity index (χ1n) is 23.2. The lowest BCUT2D eigenvalue weighted by Gasteiger charge is -2.30. The summed E-state index contributed by atoms with van der Waals surface area (Å²) in [5.74, 6) is 0. The largest absolute Gasteiger partial charge is 0.455 e. The van der Waals surface area contributed by atoms with E-state index in [1.165, 1.54) is 66.4 Å². The van der Waals surface area contributed by atoms with Gasteiger partial charge in [-0.25, -0.2) is 0 Å². The van der Waals surface area contributed by atoms with Crippen LogP contribution in [0.15, 0.2) is 217 Å². The Morgan fingerprint density at radius 2 is 0.833 bits per heavy atom. The third-order valence-electron chi connectivity index (χ3n) is 14.9. The van der Waals surface area contributed by atoms with Crippen molar-refractivity contribution in [1.29, 1.82) is 0 Å². The van der Waals surface area contributed by atoms with Crippen LogP contribution in [0, 0.1) is 0 Å². The molecule has 0 atom stereocenters. The Morgan fingerprint density at radius 3 is 1.48 bits per heavy atom. The number of hydrogen-bond donors (Lipinski definition) is 0. The molecule has 0 N–H and O–H groups in total. The number of hydrogen-bond acceptors (Lipinski definition) is 2. The predicted molar refractivity (Wildman–Crippen MR) is 277 cm³/mol. The first-order valence-corrected chi connectivity index (χ1v) is 23.2. The zero-order valence-corrected chi connectivity index (χ0v) is 37.6. The van der Waals surface area contributed by atoms with E-state index < -0.39 is 0 Å². The van der Waals surface area contributed by atoms with E-state index in [4.69, 9.17) is 4.42 Å². The van der Waals surface area contributed by atoms with Crippen molar-refractivity contribution in [3.63, 3.8) is 0 Å². The summed E-state index contributed by atoms with van der Waals surface area (Å²) in [7, 11) is 0. The lowest BCUT2D eigenvalue weighted by Crippen LogP contribution is -2.18. The van der Waals surface area contributed by atoms with Gasteiger partial charge in [0.25, 0.3) is 0 Å². The molecule has 0 saturated heterocycles. The number of rotatable bonds is 6. The summed E-state index contributed by atoms with van der Waals surface area (Å²) in [4.78, 5) is 2.46. The van der Waals surface area contributed by atoms with Crippen molar-refractivity contribution in [2.24, 2.45) is 0 Å². The molecule has 13 rings (SSSR count). The molecule has 2 heteroatoms. The number of nitrogens with zero attached hydrogens (tertiary/aromatic N) is 1. The normalized spacial score (nSPS) is 14.0. The Balaban J connectivity index is 0.950. The lowest BCUT2D eigenvalue weighted by molar-refractivity contribution is 0.660. The number of para-hydroxylation sites is 1. The van der Waals surface area contributed by atoms with Crippen LogP contribution < -0.4 is 4.90 Å². The quantitative estimate of drug-likeness (QED) is 0.166. The van der Waals surface area contributed by atoms with Crippen molar-refractivity contribution in [3.8, 4) is 55.6 Å². The zero-order chi connectivity index (χ0) is 44.3. The summed E-state index contributed by atoms with van der Waals surface area (Å²) in [5.41, 5.74) is 22.6. The molecular weight excluding hydrogens is 799 g/mol. The molecule has 11 aromatic rings. The fourth-order valence-electron chi connectivity index (χ4n) is 11.4. The van der Waals surface area contributed by atoms with Crippen LogP contribution in [-0.2, 0) is 10.8 Å². The Kier molecular flexibility index (Phi) is 8.33. The molecular formula is C64H47NO. The first kappa shape index (κ1) is 38.5. The van der Waals surface area contributed by atoms with Gasteiger partial charge < -0.3 is 9.32 Å². The average Bonchev–Trinajstić information content (AvgIpc) is 3.92. The van der Waals surface area contributed by atoms with Crippen LogP contribution in [0.2, 0.25) is 0 Å². The third-order valence-corrected chi connectivity index (χ3v) is 14.9.